The molecule has 2 aromatic carbocycles. The number of carboxylic acid groups (broad SMARTS) is 1. The topological polar surface area (TPSA) is 83.0 Å². The van der Waals surface area contributed by atoms with Crippen LogP contribution in [0.3, 0.4) is 0 Å². The zero-order chi connectivity index (χ0) is 30.0. The van der Waals surface area contributed by atoms with E-state index in [0.29, 0.717) is 41.7 Å². The SMILES string of the molecule is Cc1cc(SCc2sc(-c3ccc(C(F)(F)F)cc3)nc2CN2CCN(C(=O)C3CC3)CC2)ccc1OC(C)C(=O)O. The standard InChI is InChI=1S/C30H32F3N3O4S2/c1-18-15-23(9-10-25(18)40-19(2)29(38)39)41-17-26-24(16-35-11-13-36(14-12-35)28(37)21-3-4-21)34-27(42-26)20-5-7-22(8-6-20)30(31,32)33/h5-10,15,19,21H,3-4,11-14,16-17H2,1-2H3,(H,38,39). The fraction of sp³-hybridized carbons (Fsp3) is 0.433. The highest BCUT2D eigenvalue weighted by atomic mass is 32.2. The average Bonchev–Trinajstić information content (AvgIpc) is 3.74. The van der Waals surface area contributed by atoms with Crippen molar-refractivity contribution in [1.29, 1.82) is 0 Å². The summed E-state index contributed by atoms with van der Waals surface area (Å²) in [5.74, 6) is 0.546. The molecular weight excluding hydrogens is 587 g/mol. The van der Waals surface area contributed by atoms with Crippen molar-refractivity contribution in [3.8, 4) is 16.3 Å². The van der Waals surface area contributed by atoms with Crippen LogP contribution in [0.1, 0.15) is 41.5 Å². The summed E-state index contributed by atoms with van der Waals surface area (Å²) in [7, 11) is 0. The van der Waals surface area contributed by atoms with Crippen LogP contribution in [0.5, 0.6) is 5.75 Å². The summed E-state index contributed by atoms with van der Waals surface area (Å²) in [6, 6.07) is 10.7. The molecule has 1 N–H and O–H groups in total. The molecule has 1 aliphatic heterocycles. The van der Waals surface area contributed by atoms with Gasteiger partial charge >= 0.3 is 12.1 Å². The molecule has 1 atom stereocenters. The Morgan fingerprint density at radius 3 is 2.40 bits per heavy atom. The number of benzene rings is 2. The summed E-state index contributed by atoms with van der Waals surface area (Å²) in [4.78, 5) is 34.7. The Kier molecular flexibility index (Phi) is 9.14. The number of hydrogen-bond donors (Lipinski definition) is 1. The number of thioether (sulfide) groups is 1. The van der Waals surface area contributed by atoms with E-state index in [0.717, 1.165) is 59.1 Å². The van der Waals surface area contributed by atoms with Crippen molar-refractivity contribution in [2.75, 3.05) is 26.2 Å². The Morgan fingerprint density at radius 2 is 1.81 bits per heavy atom. The Bertz CT molecular complexity index is 1430. The van der Waals surface area contributed by atoms with Gasteiger partial charge in [-0.3, -0.25) is 9.69 Å². The van der Waals surface area contributed by atoms with Crippen LogP contribution in [0.25, 0.3) is 10.6 Å². The van der Waals surface area contributed by atoms with Gasteiger partial charge in [-0.05, 0) is 62.6 Å². The number of amides is 1. The molecule has 1 saturated heterocycles. The maximum atomic E-state index is 13.1. The van der Waals surface area contributed by atoms with Gasteiger partial charge in [0.25, 0.3) is 0 Å². The molecule has 7 nitrogen and oxygen atoms in total. The number of thiazole rings is 1. The average molecular weight is 620 g/mol. The van der Waals surface area contributed by atoms with Crippen LogP contribution in [-0.4, -0.2) is 64.0 Å². The summed E-state index contributed by atoms with van der Waals surface area (Å²) >= 11 is 3.08. The van der Waals surface area contributed by atoms with Crippen LogP contribution in [0.4, 0.5) is 13.2 Å². The number of alkyl halides is 3. The van der Waals surface area contributed by atoms with E-state index in [1.165, 1.54) is 30.4 Å². The first kappa shape index (κ1) is 30.4. The molecule has 5 rings (SSSR count). The van der Waals surface area contributed by atoms with E-state index in [4.69, 9.17) is 14.8 Å². The van der Waals surface area contributed by atoms with Crippen molar-refractivity contribution >= 4 is 35.0 Å². The molecule has 2 fully saturated rings. The highest BCUT2D eigenvalue weighted by Gasteiger charge is 2.35. The smallest absolute Gasteiger partial charge is 0.416 e. The lowest BCUT2D eigenvalue weighted by Crippen LogP contribution is -2.48. The number of piperazine rings is 1. The molecule has 1 saturated carbocycles. The Labute approximate surface area is 250 Å². The highest BCUT2D eigenvalue weighted by molar-refractivity contribution is 7.98. The van der Waals surface area contributed by atoms with Gasteiger partial charge in [-0.25, -0.2) is 9.78 Å². The number of carbonyl (C=O) groups excluding carboxylic acids is 1. The Morgan fingerprint density at radius 1 is 1.12 bits per heavy atom. The Hall–Kier alpha value is -3.09. The molecule has 3 aromatic rings. The van der Waals surface area contributed by atoms with Crippen LogP contribution in [0.2, 0.25) is 0 Å². The van der Waals surface area contributed by atoms with Gasteiger partial charge in [0.1, 0.15) is 10.8 Å². The number of hydrogen-bond acceptors (Lipinski definition) is 7. The second kappa shape index (κ2) is 12.6. The number of aryl methyl sites for hydroxylation is 1. The maximum Gasteiger partial charge on any atom is 0.416 e. The molecule has 1 unspecified atom stereocenters. The summed E-state index contributed by atoms with van der Waals surface area (Å²) < 4.78 is 44.9. The molecule has 1 aliphatic carbocycles. The van der Waals surface area contributed by atoms with Crippen LogP contribution < -0.4 is 4.74 Å². The van der Waals surface area contributed by atoms with Crippen LogP contribution >= 0.6 is 23.1 Å². The number of rotatable bonds is 10. The highest BCUT2D eigenvalue weighted by Crippen LogP contribution is 2.37. The number of aromatic nitrogens is 1. The molecule has 224 valence electrons. The molecule has 2 aliphatic rings. The zero-order valence-corrected chi connectivity index (χ0v) is 24.9. The van der Waals surface area contributed by atoms with Crippen LogP contribution in [0.15, 0.2) is 47.4 Å². The molecule has 0 spiro atoms. The lowest BCUT2D eigenvalue weighted by Gasteiger charge is -2.34. The second-order valence-electron chi connectivity index (χ2n) is 10.7. The van der Waals surface area contributed by atoms with Gasteiger partial charge in [-0.1, -0.05) is 12.1 Å². The quantitative estimate of drug-likeness (QED) is 0.266. The van der Waals surface area contributed by atoms with E-state index < -0.39 is 23.8 Å². The molecule has 0 bridgehead atoms. The molecule has 42 heavy (non-hydrogen) atoms. The normalized spacial score (nSPS) is 16.8. The molecule has 12 heteroatoms. The van der Waals surface area contributed by atoms with Gasteiger partial charge in [-0.2, -0.15) is 13.2 Å². The molecule has 0 radical (unpaired) electrons. The minimum absolute atomic E-state index is 0.204. The van der Waals surface area contributed by atoms with Crippen molar-refractivity contribution < 1.29 is 32.6 Å². The largest absolute Gasteiger partial charge is 0.479 e. The summed E-state index contributed by atoms with van der Waals surface area (Å²) in [5.41, 5.74) is 1.64. The minimum Gasteiger partial charge on any atom is -0.479 e. The predicted octanol–water partition coefficient (Wildman–Crippen LogP) is 6.34. The molecule has 1 aromatic heterocycles. The Balaban J connectivity index is 1.31. The fourth-order valence-corrected chi connectivity index (χ4v) is 6.88. The lowest BCUT2D eigenvalue weighted by molar-refractivity contribution is -0.144. The lowest BCUT2D eigenvalue weighted by atomic mass is 10.1. The van der Waals surface area contributed by atoms with E-state index in [9.17, 15) is 22.8 Å². The second-order valence-corrected chi connectivity index (χ2v) is 12.8. The van der Waals surface area contributed by atoms with E-state index in [-0.39, 0.29) is 11.8 Å². The summed E-state index contributed by atoms with van der Waals surface area (Å²) in [6.07, 6.45) is -3.38. The van der Waals surface area contributed by atoms with Gasteiger partial charge in [0.05, 0.1) is 11.3 Å². The van der Waals surface area contributed by atoms with E-state index in [1.807, 2.05) is 24.0 Å². The van der Waals surface area contributed by atoms with E-state index in [2.05, 4.69) is 4.90 Å². The van der Waals surface area contributed by atoms with Crippen LogP contribution in [0, 0.1) is 12.8 Å². The first-order valence-electron chi connectivity index (χ1n) is 13.8. The number of aliphatic carboxylic acids is 1. The van der Waals surface area contributed by atoms with Crippen molar-refractivity contribution in [3.05, 3.63) is 64.2 Å². The van der Waals surface area contributed by atoms with Gasteiger partial charge in [0.15, 0.2) is 6.10 Å². The third-order valence-electron chi connectivity index (χ3n) is 7.39. The van der Waals surface area contributed by atoms with Crippen molar-refractivity contribution in [2.45, 2.75) is 56.2 Å². The third kappa shape index (κ3) is 7.45. The number of nitrogens with zero attached hydrogens (tertiary/aromatic N) is 3. The molecular formula is C30H32F3N3O4S2. The zero-order valence-electron chi connectivity index (χ0n) is 23.3. The van der Waals surface area contributed by atoms with E-state index >= 15 is 0 Å². The van der Waals surface area contributed by atoms with Gasteiger partial charge in [0, 0.05) is 59.7 Å². The molecule has 2 heterocycles. The van der Waals surface area contributed by atoms with Gasteiger partial charge in [0.2, 0.25) is 5.91 Å². The number of carboxylic acids is 1. The summed E-state index contributed by atoms with van der Waals surface area (Å²) in [5, 5.41) is 9.80. The van der Waals surface area contributed by atoms with E-state index in [1.54, 1.807) is 17.8 Å². The number of carbonyl (C=O) groups is 2. The third-order valence-corrected chi connectivity index (χ3v) is 9.74. The fourth-order valence-electron chi connectivity index (χ4n) is 4.71. The monoisotopic (exact) mass is 619 g/mol. The number of ether oxygens (including phenoxy) is 1. The minimum atomic E-state index is -4.40. The van der Waals surface area contributed by atoms with Crippen molar-refractivity contribution in [1.82, 2.24) is 14.8 Å². The first-order valence-corrected chi connectivity index (χ1v) is 15.6. The van der Waals surface area contributed by atoms with Gasteiger partial charge in [-0.15, -0.1) is 23.1 Å². The predicted molar refractivity (Wildman–Crippen MR) is 156 cm³/mol. The van der Waals surface area contributed by atoms with Crippen LogP contribution in [-0.2, 0) is 28.1 Å². The summed E-state index contributed by atoms with van der Waals surface area (Å²) in [6.45, 7) is 6.79. The maximum absolute atomic E-state index is 13.1. The molecule has 1 amide bonds. The van der Waals surface area contributed by atoms with Crippen molar-refractivity contribution in [3.63, 3.8) is 0 Å². The van der Waals surface area contributed by atoms with Crippen molar-refractivity contribution in [2.24, 2.45) is 5.92 Å². The van der Waals surface area contributed by atoms with Gasteiger partial charge < -0.3 is 14.7 Å². The first-order chi connectivity index (χ1) is 20.0. The number of halogens is 3.